The lowest BCUT2D eigenvalue weighted by atomic mass is 9.84. The van der Waals surface area contributed by atoms with E-state index in [-0.39, 0.29) is 11.7 Å². The third kappa shape index (κ3) is 3.60. The molecule has 1 aliphatic carbocycles. The van der Waals surface area contributed by atoms with Crippen LogP contribution in [0.1, 0.15) is 58.3 Å². The fourth-order valence-electron chi connectivity index (χ4n) is 2.02. The van der Waals surface area contributed by atoms with Gasteiger partial charge in [0, 0.05) is 25.2 Å². The maximum Gasteiger partial charge on any atom is 0.136 e. The molecule has 0 aromatic rings. The molecule has 0 radical (unpaired) electrons. The van der Waals surface area contributed by atoms with Crippen molar-refractivity contribution in [1.82, 2.24) is 0 Å². The van der Waals surface area contributed by atoms with Crippen LogP contribution in [-0.2, 0) is 9.59 Å². The second-order valence-corrected chi connectivity index (χ2v) is 4.26. The fourth-order valence-corrected chi connectivity index (χ4v) is 2.02. The Kier molecular flexibility index (Phi) is 4.85. The van der Waals surface area contributed by atoms with Gasteiger partial charge in [-0.1, -0.05) is 19.8 Å². The van der Waals surface area contributed by atoms with Gasteiger partial charge in [-0.25, -0.2) is 0 Å². The van der Waals surface area contributed by atoms with Crippen LogP contribution < -0.4 is 0 Å². The molecule has 1 saturated carbocycles. The molecule has 0 saturated heterocycles. The molecule has 0 aromatic carbocycles. The van der Waals surface area contributed by atoms with Crippen LogP contribution in [0.5, 0.6) is 0 Å². The Hall–Kier alpha value is -0.660. The van der Waals surface area contributed by atoms with Crippen molar-refractivity contribution in [1.29, 1.82) is 0 Å². The fraction of sp³-hybridized carbons (Fsp3) is 0.833. The first kappa shape index (κ1) is 11.4. The normalized spacial score (nSPS) is 22.4. The summed E-state index contributed by atoms with van der Waals surface area (Å²) in [6, 6.07) is 0. The molecule has 1 unspecified atom stereocenters. The van der Waals surface area contributed by atoms with Crippen molar-refractivity contribution in [2.24, 2.45) is 5.92 Å². The van der Waals surface area contributed by atoms with Crippen molar-refractivity contribution in [3.8, 4) is 0 Å². The van der Waals surface area contributed by atoms with Crippen LogP contribution in [0, 0.1) is 5.92 Å². The van der Waals surface area contributed by atoms with Gasteiger partial charge in [0.15, 0.2) is 0 Å². The molecule has 80 valence electrons. The molecule has 0 N–H and O–H groups in total. The molecule has 1 aliphatic rings. The van der Waals surface area contributed by atoms with Gasteiger partial charge >= 0.3 is 0 Å². The molecular weight excluding hydrogens is 176 g/mol. The Labute approximate surface area is 86.1 Å². The van der Waals surface area contributed by atoms with E-state index in [1.807, 2.05) is 0 Å². The molecule has 0 aliphatic heterocycles. The molecule has 0 bridgehead atoms. The lowest BCUT2D eigenvalue weighted by molar-refractivity contribution is -0.129. The number of ketones is 2. The van der Waals surface area contributed by atoms with E-state index >= 15 is 0 Å². The van der Waals surface area contributed by atoms with Crippen molar-refractivity contribution in [3.05, 3.63) is 0 Å². The van der Waals surface area contributed by atoms with E-state index in [1.54, 1.807) is 0 Å². The van der Waals surface area contributed by atoms with E-state index in [4.69, 9.17) is 0 Å². The summed E-state index contributed by atoms with van der Waals surface area (Å²) in [6.07, 6.45) is 7.00. The molecule has 0 heterocycles. The molecule has 0 amide bonds. The molecule has 2 heteroatoms. The van der Waals surface area contributed by atoms with Crippen LogP contribution in [0.3, 0.4) is 0 Å². The van der Waals surface area contributed by atoms with Crippen molar-refractivity contribution < 1.29 is 9.59 Å². The number of hydrogen-bond donors (Lipinski definition) is 0. The molecule has 1 rings (SSSR count). The minimum absolute atomic E-state index is 0.0631. The van der Waals surface area contributed by atoms with Gasteiger partial charge < -0.3 is 0 Å². The molecule has 0 aromatic heterocycles. The smallest absolute Gasteiger partial charge is 0.136 e. The van der Waals surface area contributed by atoms with Gasteiger partial charge in [0.2, 0.25) is 0 Å². The van der Waals surface area contributed by atoms with Crippen molar-refractivity contribution >= 4 is 11.6 Å². The van der Waals surface area contributed by atoms with Gasteiger partial charge in [0.05, 0.1) is 0 Å². The van der Waals surface area contributed by atoms with Gasteiger partial charge in [0.1, 0.15) is 11.6 Å². The zero-order valence-corrected chi connectivity index (χ0v) is 9.05. The SMILES string of the molecule is CCCCC(=O)CC1CCCCC1=O. The van der Waals surface area contributed by atoms with Crippen molar-refractivity contribution in [2.75, 3.05) is 0 Å². The van der Waals surface area contributed by atoms with Crippen LogP contribution in [-0.4, -0.2) is 11.6 Å². The summed E-state index contributed by atoms with van der Waals surface area (Å²) < 4.78 is 0. The monoisotopic (exact) mass is 196 g/mol. The first-order chi connectivity index (χ1) is 6.74. The molecular formula is C12H20O2. The van der Waals surface area contributed by atoms with Crippen LogP contribution in [0.15, 0.2) is 0 Å². The number of carbonyl (C=O) groups is 2. The summed E-state index contributed by atoms with van der Waals surface area (Å²) in [7, 11) is 0. The highest BCUT2D eigenvalue weighted by Gasteiger charge is 2.23. The van der Waals surface area contributed by atoms with Crippen molar-refractivity contribution in [3.63, 3.8) is 0 Å². The van der Waals surface area contributed by atoms with Gasteiger partial charge in [0.25, 0.3) is 0 Å². The number of unbranched alkanes of at least 4 members (excludes halogenated alkanes) is 1. The highest BCUT2D eigenvalue weighted by molar-refractivity contribution is 5.88. The van der Waals surface area contributed by atoms with E-state index in [1.165, 1.54) is 0 Å². The Morgan fingerprint density at radius 1 is 1.43 bits per heavy atom. The predicted octanol–water partition coefficient (Wildman–Crippen LogP) is 2.90. The highest BCUT2D eigenvalue weighted by Crippen LogP contribution is 2.24. The third-order valence-corrected chi connectivity index (χ3v) is 2.96. The quantitative estimate of drug-likeness (QED) is 0.677. The minimum Gasteiger partial charge on any atom is -0.300 e. The summed E-state index contributed by atoms with van der Waals surface area (Å²) in [5.74, 6) is 0.668. The molecule has 14 heavy (non-hydrogen) atoms. The summed E-state index contributed by atoms with van der Waals surface area (Å²) in [4.78, 5) is 22.9. The molecule has 2 nitrogen and oxygen atoms in total. The van der Waals surface area contributed by atoms with Crippen LogP contribution in [0.4, 0.5) is 0 Å². The number of hydrogen-bond acceptors (Lipinski definition) is 2. The lowest BCUT2D eigenvalue weighted by Gasteiger charge is -2.19. The van der Waals surface area contributed by atoms with E-state index in [0.717, 1.165) is 32.1 Å². The minimum atomic E-state index is 0.0631. The second kappa shape index (κ2) is 5.94. The second-order valence-electron chi connectivity index (χ2n) is 4.26. The number of rotatable bonds is 5. The molecule has 0 spiro atoms. The molecule has 1 atom stereocenters. The van der Waals surface area contributed by atoms with Crippen LogP contribution in [0.25, 0.3) is 0 Å². The largest absolute Gasteiger partial charge is 0.300 e. The Morgan fingerprint density at radius 3 is 2.86 bits per heavy atom. The molecule has 1 fully saturated rings. The van der Waals surface area contributed by atoms with E-state index in [9.17, 15) is 9.59 Å². The number of carbonyl (C=O) groups excluding carboxylic acids is 2. The van der Waals surface area contributed by atoms with E-state index in [2.05, 4.69) is 6.92 Å². The Balaban J connectivity index is 2.27. The highest BCUT2D eigenvalue weighted by atomic mass is 16.1. The Morgan fingerprint density at radius 2 is 2.21 bits per heavy atom. The first-order valence-corrected chi connectivity index (χ1v) is 5.78. The maximum atomic E-state index is 11.5. The predicted molar refractivity (Wildman–Crippen MR) is 56.1 cm³/mol. The van der Waals surface area contributed by atoms with Gasteiger partial charge in [-0.05, 0) is 19.3 Å². The average molecular weight is 196 g/mol. The summed E-state index contributed by atoms with van der Waals surface area (Å²) in [6.45, 7) is 2.08. The lowest BCUT2D eigenvalue weighted by Crippen LogP contribution is -2.21. The van der Waals surface area contributed by atoms with Crippen LogP contribution in [0.2, 0.25) is 0 Å². The van der Waals surface area contributed by atoms with Gasteiger partial charge in [-0.3, -0.25) is 9.59 Å². The van der Waals surface area contributed by atoms with Crippen molar-refractivity contribution in [2.45, 2.75) is 58.3 Å². The summed E-state index contributed by atoms with van der Waals surface area (Å²) in [5.41, 5.74) is 0. The Bertz CT molecular complexity index is 208. The zero-order valence-electron chi connectivity index (χ0n) is 9.05. The summed E-state index contributed by atoms with van der Waals surface area (Å²) in [5, 5.41) is 0. The average Bonchev–Trinajstić information content (AvgIpc) is 2.18. The topological polar surface area (TPSA) is 34.1 Å². The van der Waals surface area contributed by atoms with E-state index < -0.39 is 0 Å². The third-order valence-electron chi connectivity index (χ3n) is 2.96. The number of Topliss-reactive ketones (excluding diaryl/α,β-unsaturated/α-hetero) is 2. The maximum absolute atomic E-state index is 11.5. The van der Waals surface area contributed by atoms with E-state index in [0.29, 0.717) is 25.0 Å². The van der Waals surface area contributed by atoms with Crippen LogP contribution >= 0.6 is 0 Å². The summed E-state index contributed by atoms with van der Waals surface area (Å²) >= 11 is 0. The standard InChI is InChI=1S/C12H20O2/c1-2-3-7-11(13)9-10-6-4-5-8-12(10)14/h10H,2-9H2,1H3. The zero-order chi connectivity index (χ0) is 10.4. The first-order valence-electron chi connectivity index (χ1n) is 5.78. The van der Waals surface area contributed by atoms with Gasteiger partial charge in [-0.15, -0.1) is 0 Å². The van der Waals surface area contributed by atoms with Gasteiger partial charge in [-0.2, -0.15) is 0 Å².